The topological polar surface area (TPSA) is 83.0 Å². The fraction of sp³-hybridized carbons (Fsp3) is 0.192. The van der Waals surface area contributed by atoms with Crippen LogP contribution in [0.1, 0.15) is 24.1 Å². The maximum atomic E-state index is 13.3. The molecule has 0 radical (unpaired) electrons. The van der Waals surface area contributed by atoms with Crippen LogP contribution in [0, 0.1) is 0 Å². The third-order valence-corrected chi connectivity index (χ3v) is 5.94. The second-order valence-corrected chi connectivity index (χ2v) is 8.34. The average Bonchev–Trinajstić information content (AvgIpc) is 3.11. The lowest BCUT2D eigenvalue weighted by Gasteiger charge is -2.26. The van der Waals surface area contributed by atoms with Gasteiger partial charge in [0.1, 0.15) is 11.5 Å². The van der Waals surface area contributed by atoms with E-state index >= 15 is 0 Å². The molecule has 1 aliphatic rings. The summed E-state index contributed by atoms with van der Waals surface area (Å²) >= 11 is 6.37. The molecule has 4 rings (SSSR count). The number of hydrogen-bond donors (Lipinski definition) is 1. The van der Waals surface area contributed by atoms with Gasteiger partial charge in [0.25, 0.3) is 11.7 Å². The van der Waals surface area contributed by atoms with Crippen molar-refractivity contribution in [2.75, 3.05) is 30.5 Å². The van der Waals surface area contributed by atoms with Crippen molar-refractivity contribution < 1.29 is 19.4 Å². The summed E-state index contributed by atoms with van der Waals surface area (Å²) in [7, 11) is 3.83. The lowest BCUT2D eigenvalue weighted by molar-refractivity contribution is -0.132. The van der Waals surface area contributed by atoms with Crippen LogP contribution in [-0.4, -0.2) is 42.5 Å². The van der Waals surface area contributed by atoms with E-state index in [1.165, 1.54) is 4.90 Å². The van der Waals surface area contributed by atoms with Gasteiger partial charge in [-0.1, -0.05) is 11.6 Å². The van der Waals surface area contributed by atoms with Gasteiger partial charge in [-0.2, -0.15) is 0 Å². The SMILES string of the molecule is CCOc1ccc(Cl)c(/C(O)=C2\C(=O)C(=O)N(c3ccc(N(C)C)cc3)C2c2ccncc2)c1. The minimum Gasteiger partial charge on any atom is -0.507 e. The normalized spacial score (nSPS) is 17.2. The van der Waals surface area contributed by atoms with Gasteiger partial charge in [-0.25, -0.2) is 0 Å². The number of aromatic nitrogens is 1. The minimum atomic E-state index is -0.861. The largest absolute Gasteiger partial charge is 0.507 e. The van der Waals surface area contributed by atoms with Crippen LogP contribution in [0.5, 0.6) is 5.75 Å². The number of hydrogen-bond acceptors (Lipinski definition) is 6. The summed E-state index contributed by atoms with van der Waals surface area (Å²) in [5.41, 5.74) is 2.27. The van der Waals surface area contributed by atoms with Crippen LogP contribution >= 0.6 is 11.6 Å². The predicted molar refractivity (Wildman–Crippen MR) is 132 cm³/mol. The molecule has 1 N–H and O–H groups in total. The zero-order valence-corrected chi connectivity index (χ0v) is 19.8. The van der Waals surface area contributed by atoms with E-state index < -0.39 is 17.7 Å². The number of nitrogens with zero attached hydrogens (tertiary/aromatic N) is 3. The molecule has 1 fully saturated rings. The van der Waals surface area contributed by atoms with E-state index in [0.717, 1.165) is 5.69 Å². The Kier molecular flexibility index (Phi) is 6.56. The molecule has 1 atom stereocenters. The Balaban J connectivity index is 1.91. The van der Waals surface area contributed by atoms with Crippen molar-refractivity contribution in [2.45, 2.75) is 13.0 Å². The summed E-state index contributed by atoms with van der Waals surface area (Å²) in [4.78, 5) is 33.9. The first-order chi connectivity index (χ1) is 16.3. The summed E-state index contributed by atoms with van der Waals surface area (Å²) in [5, 5.41) is 11.5. The first-order valence-electron chi connectivity index (χ1n) is 10.7. The van der Waals surface area contributed by atoms with E-state index in [4.69, 9.17) is 16.3 Å². The average molecular weight is 478 g/mol. The smallest absolute Gasteiger partial charge is 0.300 e. The zero-order valence-electron chi connectivity index (χ0n) is 19.0. The molecule has 0 aliphatic carbocycles. The fourth-order valence-corrected chi connectivity index (χ4v) is 4.17. The number of halogens is 1. The highest BCUT2D eigenvalue weighted by atomic mass is 35.5. The number of carbonyl (C=O) groups excluding carboxylic acids is 2. The number of rotatable bonds is 6. The molecule has 3 aromatic rings. The lowest BCUT2D eigenvalue weighted by Crippen LogP contribution is -2.29. The lowest BCUT2D eigenvalue weighted by atomic mass is 9.95. The molecule has 34 heavy (non-hydrogen) atoms. The molecule has 7 nitrogen and oxygen atoms in total. The quantitative estimate of drug-likeness (QED) is 0.311. The molecule has 1 aromatic heterocycles. The molecule has 1 amide bonds. The number of ketones is 1. The van der Waals surface area contributed by atoms with Crippen molar-refractivity contribution in [3.8, 4) is 5.75 Å². The van der Waals surface area contributed by atoms with Crippen molar-refractivity contribution in [1.29, 1.82) is 0 Å². The number of aliphatic hydroxyl groups excluding tert-OH is 1. The third kappa shape index (κ3) is 4.22. The number of anilines is 2. The number of amides is 1. The van der Waals surface area contributed by atoms with Gasteiger partial charge in [0.05, 0.1) is 23.2 Å². The molecule has 174 valence electrons. The molecule has 0 saturated carbocycles. The van der Waals surface area contributed by atoms with Crippen molar-refractivity contribution in [3.05, 3.63) is 88.7 Å². The van der Waals surface area contributed by atoms with Crippen LogP contribution in [0.25, 0.3) is 5.76 Å². The molecule has 1 unspecified atom stereocenters. The molecular weight excluding hydrogens is 454 g/mol. The van der Waals surface area contributed by atoms with E-state index in [9.17, 15) is 14.7 Å². The van der Waals surface area contributed by atoms with Crippen LogP contribution in [0.4, 0.5) is 11.4 Å². The first-order valence-corrected chi connectivity index (χ1v) is 11.1. The van der Waals surface area contributed by atoms with E-state index in [0.29, 0.717) is 23.6 Å². The highest BCUT2D eigenvalue weighted by molar-refractivity contribution is 6.52. The van der Waals surface area contributed by atoms with Crippen LogP contribution in [0.2, 0.25) is 5.02 Å². The zero-order chi connectivity index (χ0) is 24.4. The van der Waals surface area contributed by atoms with Crippen LogP contribution < -0.4 is 14.5 Å². The Labute approximate surface area is 202 Å². The Morgan fingerprint density at radius 3 is 2.38 bits per heavy atom. The molecular formula is C26H24ClN3O4. The summed E-state index contributed by atoms with van der Waals surface area (Å²) in [6.07, 6.45) is 3.15. The maximum absolute atomic E-state index is 13.3. The second kappa shape index (κ2) is 9.57. The number of pyridine rings is 1. The summed E-state index contributed by atoms with van der Waals surface area (Å²) in [5.74, 6) is -1.41. The maximum Gasteiger partial charge on any atom is 0.300 e. The monoisotopic (exact) mass is 477 g/mol. The van der Waals surface area contributed by atoms with Gasteiger partial charge in [-0.05, 0) is 67.1 Å². The molecule has 1 aliphatic heterocycles. The van der Waals surface area contributed by atoms with Crippen molar-refractivity contribution in [1.82, 2.24) is 4.98 Å². The molecule has 0 bridgehead atoms. The standard InChI is InChI=1S/C26H24ClN3O4/c1-4-34-19-9-10-21(27)20(15-19)24(31)22-23(16-11-13-28-14-12-16)30(26(33)25(22)32)18-7-5-17(6-8-18)29(2)3/h5-15,23,31H,4H2,1-3H3/b24-22+. The third-order valence-electron chi connectivity index (χ3n) is 5.61. The molecule has 0 spiro atoms. The predicted octanol–water partition coefficient (Wildman–Crippen LogP) is 4.83. The van der Waals surface area contributed by atoms with Gasteiger partial charge in [0.2, 0.25) is 0 Å². The van der Waals surface area contributed by atoms with E-state index in [1.54, 1.807) is 54.9 Å². The number of Topliss-reactive ketones (excluding diaryl/α,β-unsaturated/α-hetero) is 1. The highest BCUT2D eigenvalue weighted by Gasteiger charge is 2.47. The molecule has 2 heterocycles. The van der Waals surface area contributed by atoms with Crippen molar-refractivity contribution in [2.24, 2.45) is 0 Å². The van der Waals surface area contributed by atoms with Crippen LogP contribution in [-0.2, 0) is 9.59 Å². The molecule has 2 aromatic carbocycles. The van der Waals surface area contributed by atoms with Crippen LogP contribution in [0.15, 0.2) is 72.6 Å². The van der Waals surface area contributed by atoms with Gasteiger partial charge >= 0.3 is 0 Å². The number of ether oxygens (including phenoxy) is 1. The van der Waals surface area contributed by atoms with E-state index in [1.807, 2.05) is 38.1 Å². The Morgan fingerprint density at radius 2 is 1.76 bits per heavy atom. The first kappa shape index (κ1) is 23.3. The second-order valence-electron chi connectivity index (χ2n) is 7.94. The fourth-order valence-electron chi connectivity index (χ4n) is 3.96. The van der Waals surface area contributed by atoms with Gasteiger partial charge in [-0.15, -0.1) is 0 Å². The van der Waals surface area contributed by atoms with Gasteiger partial charge in [0.15, 0.2) is 0 Å². The Bertz CT molecular complexity index is 1260. The van der Waals surface area contributed by atoms with Gasteiger partial charge < -0.3 is 14.7 Å². The summed E-state index contributed by atoms with van der Waals surface area (Å²) in [6, 6.07) is 14.7. The Morgan fingerprint density at radius 1 is 1.09 bits per heavy atom. The molecule has 8 heteroatoms. The Hall–Kier alpha value is -3.84. The minimum absolute atomic E-state index is 0.0524. The summed E-state index contributed by atoms with van der Waals surface area (Å²) in [6.45, 7) is 2.26. The van der Waals surface area contributed by atoms with E-state index in [-0.39, 0.29) is 21.9 Å². The number of aliphatic hydroxyl groups is 1. The number of carbonyl (C=O) groups is 2. The number of benzene rings is 2. The highest BCUT2D eigenvalue weighted by Crippen LogP contribution is 2.43. The van der Waals surface area contributed by atoms with Crippen molar-refractivity contribution in [3.63, 3.8) is 0 Å². The molecule has 1 saturated heterocycles. The van der Waals surface area contributed by atoms with Crippen LogP contribution in [0.3, 0.4) is 0 Å². The van der Waals surface area contributed by atoms with Crippen molar-refractivity contribution >= 4 is 40.4 Å². The van der Waals surface area contributed by atoms with E-state index in [2.05, 4.69) is 4.98 Å². The van der Waals surface area contributed by atoms with Gasteiger partial charge in [0, 0.05) is 43.4 Å². The van der Waals surface area contributed by atoms with Gasteiger partial charge in [-0.3, -0.25) is 19.5 Å². The summed E-state index contributed by atoms with van der Waals surface area (Å²) < 4.78 is 5.53.